The highest BCUT2D eigenvalue weighted by Gasteiger charge is 2.39. The van der Waals surface area contributed by atoms with E-state index in [0.29, 0.717) is 11.5 Å². The van der Waals surface area contributed by atoms with E-state index in [0.717, 1.165) is 32.8 Å². The van der Waals surface area contributed by atoms with Gasteiger partial charge in [-0.25, -0.2) is 0 Å². The molecule has 5 nitrogen and oxygen atoms in total. The van der Waals surface area contributed by atoms with Crippen LogP contribution in [-0.4, -0.2) is 55.1 Å². The number of aromatic nitrogens is 2. The summed E-state index contributed by atoms with van der Waals surface area (Å²) in [4.78, 5) is 2.36. The van der Waals surface area contributed by atoms with Gasteiger partial charge in [0, 0.05) is 32.4 Å². The van der Waals surface area contributed by atoms with Crippen molar-refractivity contribution in [2.24, 2.45) is 5.41 Å². The molecule has 1 aromatic heterocycles. The first-order valence-corrected chi connectivity index (χ1v) is 8.66. The Kier molecular flexibility index (Phi) is 5.16. The van der Waals surface area contributed by atoms with Gasteiger partial charge < -0.3 is 10.1 Å². The van der Waals surface area contributed by atoms with Gasteiger partial charge >= 0.3 is 0 Å². The topological polar surface area (TPSA) is 42.3 Å². The van der Waals surface area contributed by atoms with E-state index in [1.54, 1.807) is 0 Å². The zero-order chi connectivity index (χ0) is 15.4. The second-order valence-corrected chi connectivity index (χ2v) is 7.14. The quantitative estimate of drug-likeness (QED) is 0.873. The Balaban J connectivity index is 1.58. The van der Waals surface area contributed by atoms with Crippen LogP contribution in [0, 0.1) is 5.41 Å². The fourth-order valence-electron chi connectivity index (χ4n) is 3.96. The highest BCUT2D eigenvalue weighted by Crippen LogP contribution is 2.46. The minimum atomic E-state index is 0.493. The fraction of sp³-hybridized carbons (Fsp3) is 0.824. The average molecular weight is 306 g/mol. The summed E-state index contributed by atoms with van der Waals surface area (Å²) in [6.45, 7) is 5.02. The van der Waals surface area contributed by atoms with E-state index in [-0.39, 0.29) is 0 Å². The minimum Gasteiger partial charge on any atom is -0.381 e. The molecule has 1 aromatic rings. The van der Waals surface area contributed by atoms with Crippen LogP contribution >= 0.6 is 0 Å². The van der Waals surface area contributed by atoms with Crippen LogP contribution in [0.5, 0.6) is 0 Å². The number of rotatable bonds is 6. The molecule has 1 saturated carbocycles. The molecule has 0 unspecified atom stereocenters. The van der Waals surface area contributed by atoms with E-state index < -0.39 is 0 Å². The van der Waals surface area contributed by atoms with Crippen LogP contribution in [0.1, 0.15) is 43.8 Å². The number of hydrogen-bond acceptors (Lipinski definition) is 4. The molecule has 0 aromatic carbocycles. The lowest BCUT2D eigenvalue weighted by molar-refractivity contribution is 0.103. The maximum absolute atomic E-state index is 5.64. The number of nitrogens with one attached hydrogen (secondary N) is 1. The van der Waals surface area contributed by atoms with Crippen molar-refractivity contribution < 1.29 is 4.74 Å². The summed E-state index contributed by atoms with van der Waals surface area (Å²) in [5, 5.41) is 7.84. The summed E-state index contributed by atoms with van der Waals surface area (Å²) >= 11 is 0. The molecule has 2 fully saturated rings. The SMILES string of the molecule is CNCCN(C)Cc1ccnn1C1CCC2(CCOC2)CC1. The molecular weight excluding hydrogens is 276 g/mol. The molecule has 2 heterocycles. The number of hydrogen-bond donors (Lipinski definition) is 1. The van der Waals surface area contributed by atoms with Gasteiger partial charge in [0.05, 0.1) is 18.3 Å². The summed E-state index contributed by atoms with van der Waals surface area (Å²) in [6.07, 6.45) is 8.32. The average Bonchev–Trinajstić information content (AvgIpc) is 3.16. The molecule has 3 rings (SSSR count). The number of ether oxygens (including phenoxy) is 1. The van der Waals surface area contributed by atoms with Crippen LogP contribution in [0.15, 0.2) is 12.3 Å². The first-order valence-electron chi connectivity index (χ1n) is 8.66. The van der Waals surface area contributed by atoms with Crippen molar-refractivity contribution in [1.29, 1.82) is 0 Å². The standard InChI is InChI=1S/C17H30N4O/c1-18-10-11-20(2)13-16-5-9-19-21(16)15-3-6-17(7-4-15)8-12-22-14-17/h5,9,15,18H,3-4,6-8,10-14H2,1-2H3. The molecular formula is C17H30N4O. The molecule has 5 heteroatoms. The van der Waals surface area contributed by atoms with Crippen molar-refractivity contribution in [3.8, 4) is 0 Å². The maximum Gasteiger partial charge on any atom is 0.0527 e. The van der Waals surface area contributed by atoms with E-state index >= 15 is 0 Å². The first kappa shape index (κ1) is 16.0. The van der Waals surface area contributed by atoms with Crippen molar-refractivity contribution in [3.05, 3.63) is 18.0 Å². The van der Waals surface area contributed by atoms with Gasteiger partial charge in [0.15, 0.2) is 0 Å². The summed E-state index contributed by atoms with van der Waals surface area (Å²) < 4.78 is 7.93. The molecule has 22 heavy (non-hydrogen) atoms. The Labute approximate surface area is 134 Å². The van der Waals surface area contributed by atoms with Gasteiger partial charge in [-0.05, 0) is 57.7 Å². The third-order valence-corrected chi connectivity index (χ3v) is 5.47. The lowest BCUT2D eigenvalue weighted by Gasteiger charge is -2.36. The summed E-state index contributed by atoms with van der Waals surface area (Å²) in [7, 11) is 4.18. The van der Waals surface area contributed by atoms with Gasteiger partial charge in [-0.2, -0.15) is 5.10 Å². The number of nitrogens with zero attached hydrogens (tertiary/aromatic N) is 3. The minimum absolute atomic E-state index is 0.493. The molecule has 1 saturated heterocycles. The van der Waals surface area contributed by atoms with E-state index in [1.165, 1.54) is 37.8 Å². The molecule has 1 aliphatic carbocycles. The van der Waals surface area contributed by atoms with Crippen LogP contribution in [-0.2, 0) is 11.3 Å². The Morgan fingerprint density at radius 1 is 1.41 bits per heavy atom. The van der Waals surface area contributed by atoms with Crippen LogP contribution < -0.4 is 5.32 Å². The van der Waals surface area contributed by atoms with Crippen LogP contribution in [0.3, 0.4) is 0 Å². The highest BCUT2D eigenvalue weighted by atomic mass is 16.5. The zero-order valence-electron chi connectivity index (χ0n) is 14.1. The zero-order valence-corrected chi connectivity index (χ0v) is 14.1. The Bertz CT molecular complexity index is 457. The van der Waals surface area contributed by atoms with Crippen molar-refractivity contribution in [3.63, 3.8) is 0 Å². The molecule has 0 atom stereocenters. The van der Waals surface area contributed by atoms with Gasteiger partial charge in [0.2, 0.25) is 0 Å². The first-order chi connectivity index (χ1) is 10.7. The molecule has 0 amide bonds. The lowest BCUT2D eigenvalue weighted by atomic mass is 9.72. The Morgan fingerprint density at radius 3 is 2.91 bits per heavy atom. The van der Waals surface area contributed by atoms with Gasteiger partial charge in [-0.1, -0.05) is 0 Å². The van der Waals surface area contributed by atoms with Crippen LogP contribution in [0.2, 0.25) is 0 Å². The van der Waals surface area contributed by atoms with Gasteiger partial charge in [-0.3, -0.25) is 9.58 Å². The summed E-state index contributed by atoms with van der Waals surface area (Å²) in [5.41, 5.74) is 1.84. The smallest absolute Gasteiger partial charge is 0.0527 e. The van der Waals surface area contributed by atoms with E-state index in [1.807, 2.05) is 13.2 Å². The largest absolute Gasteiger partial charge is 0.381 e. The number of likely N-dealkylation sites (N-methyl/N-ethyl adjacent to an activating group) is 2. The summed E-state index contributed by atoms with van der Waals surface area (Å²) in [6, 6.07) is 2.76. The predicted molar refractivity (Wildman–Crippen MR) is 87.9 cm³/mol. The molecule has 1 aliphatic heterocycles. The fourth-order valence-corrected chi connectivity index (χ4v) is 3.96. The molecule has 2 aliphatic rings. The van der Waals surface area contributed by atoms with Gasteiger partial charge in [0.25, 0.3) is 0 Å². The Morgan fingerprint density at radius 2 is 2.23 bits per heavy atom. The molecule has 1 N–H and O–H groups in total. The summed E-state index contributed by atoms with van der Waals surface area (Å²) in [5.74, 6) is 0. The van der Waals surface area contributed by atoms with E-state index in [2.05, 4.69) is 33.1 Å². The van der Waals surface area contributed by atoms with E-state index in [9.17, 15) is 0 Å². The van der Waals surface area contributed by atoms with Crippen LogP contribution in [0.25, 0.3) is 0 Å². The van der Waals surface area contributed by atoms with Crippen molar-refractivity contribution in [2.45, 2.75) is 44.7 Å². The van der Waals surface area contributed by atoms with Crippen molar-refractivity contribution in [2.75, 3.05) is 40.4 Å². The highest BCUT2D eigenvalue weighted by molar-refractivity contribution is 5.03. The predicted octanol–water partition coefficient (Wildman–Crippen LogP) is 2.06. The Hall–Kier alpha value is -0.910. The third kappa shape index (κ3) is 3.53. The van der Waals surface area contributed by atoms with Crippen molar-refractivity contribution in [1.82, 2.24) is 20.0 Å². The second kappa shape index (κ2) is 7.11. The normalized spacial score (nSPS) is 28.8. The molecule has 0 bridgehead atoms. The van der Waals surface area contributed by atoms with Gasteiger partial charge in [0.1, 0.15) is 0 Å². The molecule has 1 spiro atoms. The lowest BCUT2D eigenvalue weighted by Crippen LogP contribution is -2.31. The third-order valence-electron chi connectivity index (χ3n) is 5.47. The van der Waals surface area contributed by atoms with E-state index in [4.69, 9.17) is 4.74 Å². The monoisotopic (exact) mass is 306 g/mol. The second-order valence-electron chi connectivity index (χ2n) is 7.14. The maximum atomic E-state index is 5.64. The molecule has 124 valence electrons. The van der Waals surface area contributed by atoms with Gasteiger partial charge in [-0.15, -0.1) is 0 Å². The van der Waals surface area contributed by atoms with Crippen molar-refractivity contribution >= 4 is 0 Å². The van der Waals surface area contributed by atoms with Crippen LogP contribution in [0.4, 0.5) is 0 Å². The molecule has 0 radical (unpaired) electrons.